The Morgan fingerprint density at radius 1 is 1.11 bits per heavy atom. The fourth-order valence-corrected chi connectivity index (χ4v) is 2.10. The van der Waals surface area contributed by atoms with E-state index < -0.39 is 17.4 Å². The SMILES string of the molecule is Cc1cc(C(=O)c2ccc(Br)cc2N)c(F)cc1F. The molecule has 0 radical (unpaired) electrons. The summed E-state index contributed by atoms with van der Waals surface area (Å²) in [7, 11) is 0. The van der Waals surface area contributed by atoms with Gasteiger partial charge in [-0.05, 0) is 36.8 Å². The molecule has 2 rings (SSSR count). The largest absolute Gasteiger partial charge is 0.398 e. The summed E-state index contributed by atoms with van der Waals surface area (Å²) >= 11 is 3.22. The molecule has 2 aromatic rings. The zero-order valence-corrected chi connectivity index (χ0v) is 11.6. The molecule has 19 heavy (non-hydrogen) atoms. The summed E-state index contributed by atoms with van der Waals surface area (Å²) in [6.45, 7) is 1.47. The van der Waals surface area contributed by atoms with Gasteiger partial charge in [-0.1, -0.05) is 15.9 Å². The first-order valence-electron chi connectivity index (χ1n) is 5.45. The van der Waals surface area contributed by atoms with Crippen molar-refractivity contribution in [3.8, 4) is 0 Å². The monoisotopic (exact) mass is 325 g/mol. The summed E-state index contributed by atoms with van der Waals surface area (Å²) in [6.07, 6.45) is 0. The van der Waals surface area contributed by atoms with Gasteiger partial charge < -0.3 is 5.73 Å². The number of nitrogen functional groups attached to an aromatic ring is 1. The van der Waals surface area contributed by atoms with E-state index in [-0.39, 0.29) is 22.4 Å². The smallest absolute Gasteiger partial charge is 0.198 e. The topological polar surface area (TPSA) is 43.1 Å². The summed E-state index contributed by atoms with van der Waals surface area (Å²) in [4.78, 5) is 12.2. The molecule has 0 fully saturated rings. The quantitative estimate of drug-likeness (QED) is 0.673. The molecular formula is C14H10BrF2NO. The van der Waals surface area contributed by atoms with Crippen molar-refractivity contribution in [3.63, 3.8) is 0 Å². The molecular weight excluding hydrogens is 316 g/mol. The van der Waals surface area contributed by atoms with Crippen molar-refractivity contribution >= 4 is 27.4 Å². The number of benzene rings is 2. The van der Waals surface area contributed by atoms with Gasteiger partial charge in [0.2, 0.25) is 0 Å². The van der Waals surface area contributed by atoms with Gasteiger partial charge in [-0.3, -0.25) is 4.79 Å². The normalized spacial score (nSPS) is 10.5. The van der Waals surface area contributed by atoms with Crippen molar-refractivity contribution in [1.82, 2.24) is 0 Å². The Morgan fingerprint density at radius 2 is 1.79 bits per heavy atom. The third kappa shape index (κ3) is 2.66. The lowest BCUT2D eigenvalue weighted by Gasteiger charge is -2.08. The molecule has 0 atom stereocenters. The third-order valence-electron chi connectivity index (χ3n) is 2.75. The van der Waals surface area contributed by atoms with Gasteiger partial charge in [0, 0.05) is 21.8 Å². The molecule has 0 bridgehead atoms. The van der Waals surface area contributed by atoms with Crippen molar-refractivity contribution < 1.29 is 13.6 Å². The number of carbonyl (C=O) groups excluding carboxylic acids is 1. The van der Waals surface area contributed by atoms with Crippen molar-refractivity contribution in [2.24, 2.45) is 0 Å². The molecule has 0 unspecified atom stereocenters. The first-order chi connectivity index (χ1) is 8.90. The van der Waals surface area contributed by atoms with Crippen LogP contribution in [0.1, 0.15) is 21.5 Å². The van der Waals surface area contributed by atoms with E-state index in [0.29, 0.717) is 6.07 Å². The second-order valence-corrected chi connectivity index (χ2v) is 5.06. The number of halogens is 3. The van der Waals surface area contributed by atoms with E-state index in [1.54, 1.807) is 12.1 Å². The third-order valence-corrected chi connectivity index (χ3v) is 3.24. The number of rotatable bonds is 2. The lowest BCUT2D eigenvalue weighted by Crippen LogP contribution is -2.08. The predicted octanol–water partition coefficient (Wildman–Crippen LogP) is 3.85. The number of hydrogen-bond donors (Lipinski definition) is 1. The first-order valence-corrected chi connectivity index (χ1v) is 6.25. The second-order valence-electron chi connectivity index (χ2n) is 4.14. The van der Waals surface area contributed by atoms with Crippen LogP contribution in [0.2, 0.25) is 0 Å². The Hall–Kier alpha value is -1.75. The molecule has 0 aliphatic heterocycles. The maximum atomic E-state index is 13.7. The van der Waals surface area contributed by atoms with Crippen LogP contribution in [-0.4, -0.2) is 5.78 Å². The number of nitrogens with two attached hydrogens (primary N) is 1. The van der Waals surface area contributed by atoms with Gasteiger partial charge in [-0.25, -0.2) is 8.78 Å². The predicted molar refractivity (Wildman–Crippen MR) is 73.1 cm³/mol. The molecule has 0 aliphatic rings. The van der Waals surface area contributed by atoms with Crippen LogP contribution in [0.25, 0.3) is 0 Å². The van der Waals surface area contributed by atoms with E-state index in [4.69, 9.17) is 5.73 Å². The van der Waals surface area contributed by atoms with E-state index in [2.05, 4.69) is 15.9 Å². The zero-order valence-electron chi connectivity index (χ0n) is 10.0. The van der Waals surface area contributed by atoms with Crippen LogP contribution in [0.15, 0.2) is 34.8 Å². The van der Waals surface area contributed by atoms with Crippen LogP contribution >= 0.6 is 15.9 Å². The molecule has 5 heteroatoms. The number of anilines is 1. The molecule has 2 N–H and O–H groups in total. The van der Waals surface area contributed by atoms with Crippen molar-refractivity contribution in [3.05, 3.63) is 63.1 Å². The Morgan fingerprint density at radius 3 is 2.42 bits per heavy atom. The summed E-state index contributed by atoms with van der Waals surface area (Å²) in [5, 5.41) is 0. The van der Waals surface area contributed by atoms with Crippen LogP contribution in [0.3, 0.4) is 0 Å². The summed E-state index contributed by atoms with van der Waals surface area (Å²) in [5.74, 6) is -2.14. The first kappa shape index (κ1) is 13.7. The molecule has 0 saturated heterocycles. The molecule has 0 aromatic heterocycles. The standard InChI is InChI=1S/C14H10BrF2NO/c1-7-4-10(12(17)6-11(7)16)14(19)9-3-2-8(15)5-13(9)18/h2-6H,18H2,1H3. The number of ketones is 1. The van der Waals surface area contributed by atoms with E-state index >= 15 is 0 Å². The molecule has 0 heterocycles. The van der Waals surface area contributed by atoms with Gasteiger partial charge in [0.1, 0.15) is 11.6 Å². The number of hydrogen-bond acceptors (Lipinski definition) is 2. The average molecular weight is 326 g/mol. The average Bonchev–Trinajstić information content (AvgIpc) is 2.33. The minimum absolute atomic E-state index is 0.187. The number of aryl methyl sites for hydroxylation is 1. The second kappa shape index (κ2) is 5.09. The van der Waals surface area contributed by atoms with E-state index in [0.717, 1.165) is 4.47 Å². The number of carbonyl (C=O) groups is 1. The molecule has 2 aromatic carbocycles. The highest BCUT2D eigenvalue weighted by atomic mass is 79.9. The van der Waals surface area contributed by atoms with Gasteiger partial charge in [-0.2, -0.15) is 0 Å². The summed E-state index contributed by atoms with van der Waals surface area (Å²) in [5.41, 5.74) is 6.18. The lowest BCUT2D eigenvalue weighted by atomic mass is 9.99. The highest BCUT2D eigenvalue weighted by molar-refractivity contribution is 9.10. The van der Waals surface area contributed by atoms with Crippen LogP contribution in [-0.2, 0) is 0 Å². The minimum Gasteiger partial charge on any atom is -0.398 e. The molecule has 0 aliphatic carbocycles. The molecule has 0 spiro atoms. The van der Waals surface area contributed by atoms with E-state index in [1.165, 1.54) is 19.1 Å². The lowest BCUT2D eigenvalue weighted by molar-refractivity contribution is 0.103. The van der Waals surface area contributed by atoms with Gasteiger partial charge >= 0.3 is 0 Å². The zero-order chi connectivity index (χ0) is 14.2. The molecule has 98 valence electrons. The van der Waals surface area contributed by atoms with Gasteiger partial charge in [0.15, 0.2) is 5.78 Å². The Bertz CT molecular complexity index is 671. The van der Waals surface area contributed by atoms with Gasteiger partial charge in [0.05, 0.1) is 5.56 Å². The van der Waals surface area contributed by atoms with Crippen LogP contribution in [0, 0.1) is 18.6 Å². The maximum Gasteiger partial charge on any atom is 0.198 e. The highest BCUT2D eigenvalue weighted by Gasteiger charge is 2.18. The van der Waals surface area contributed by atoms with E-state index in [1.807, 2.05) is 0 Å². The van der Waals surface area contributed by atoms with Gasteiger partial charge in [-0.15, -0.1) is 0 Å². The fourth-order valence-electron chi connectivity index (χ4n) is 1.72. The fraction of sp³-hybridized carbons (Fsp3) is 0.0714. The van der Waals surface area contributed by atoms with Crippen molar-refractivity contribution in [2.45, 2.75) is 6.92 Å². The highest BCUT2D eigenvalue weighted by Crippen LogP contribution is 2.23. The Balaban J connectivity index is 2.53. The van der Waals surface area contributed by atoms with Crippen molar-refractivity contribution in [2.75, 3.05) is 5.73 Å². The van der Waals surface area contributed by atoms with Crippen molar-refractivity contribution in [1.29, 1.82) is 0 Å². The molecule has 0 amide bonds. The Kier molecular flexibility index (Phi) is 3.66. The summed E-state index contributed by atoms with van der Waals surface area (Å²) in [6, 6.07) is 6.59. The van der Waals surface area contributed by atoms with Crippen LogP contribution in [0.4, 0.5) is 14.5 Å². The Labute approximate surface area is 117 Å². The minimum atomic E-state index is -0.893. The maximum absolute atomic E-state index is 13.7. The summed E-state index contributed by atoms with van der Waals surface area (Å²) < 4.78 is 27.6. The van der Waals surface area contributed by atoms with Gasteiger partial charge in [0.25, 0.3) is 0 Å². The van der Waals surface area contributed by atoms with Crippen LogP contribution in [0.5, 0.6) is 0 Å². The van der Waals surface area contributed by atoms with Crippen LogP contribution < -0.4 is 5.73 Å². The van der Waals surface area contributed by atoms with E-state index in [9.17, 15) is 13.6 Å². The molecule has 2 nitrogen and oxygen atoms in total. The molecule has 0 saturated carbocycles.